The molecule has 0 spiro atoms. The van der Waals surface area contributed by atoms with E-state index in [4.69, 9.17) is 0 Å². The molecule has 162 valence electrons. The van der Waals surface area contributed by atoms with Gasteiger partial charge in [0.1, 0.15) is 0 Å². The Morgan fingerprint density at radius 2 is 1.69 bits per heavy atom. The van der Waals surface area contributed by atoms with Gasteiger partial charge in [-0.25, -0.2) is 0 Å². The predicted molar refractivity (Wildman–Crippen MR) is 139 cm³/mol. The van der Waals surface area contributed by atoms with Crippen LogP contribution in [0.15, 0.2) is 70.6 Å². The summed E-state index contributed by atoms with van der Waals surface area (Å²) in [5.41, 5.74) is 0. The number of thioether (sulfide) groups is 1. The molecule has 0 aliphatic carbocycles. The van der Waals surface area contributed by atoms with Crippen molar-refractivity contribution in [3.63, 3.8) is 0 Å². The molecule has 32 heavy (non-hydrogen) atoms. The fraction of sp³-hybridized carbons (Fsp3) is 0.160. The first-order chi connectivity index (χ1) is 15.3. The Labute approximate surface area is 225 Å². The standard InChI is InChI=1S/C25H21N2S2Se2.HI/c1-3-26-20(28-22-16-10-5-7-12-18(16)30-24(22)26)14-9-15-21-27(4-2)25-23(29-21)17-11-6-8-13-19(17)31-25;/h5-15H,3-4H2,1-2H3;1H/q+1;/p-1. The second kappa shape index (κ2) is 9.46. The molecule has 5 aromatic rings. The molecule has 0 N–H and O–H groups in total. The number of thiazole rings is 1. The summed E-state index contributed by atoms with van der Waals surface area (Å²) < 4.78 is 10.1. The van der Waals surface area contributed by atoms with Crippen LogP contribution in [0, 0.1) is 0 Å². The number of hydrogen-bond acceptors (Lipinski definition) is 3. The van der Waals surface area contributed by atoms with Gasteiger partial charge in [0.2, 0.25) is 0 Å². The van der Waals surface area contributed by atoms with Crippen molar-refractivity contribution in [1.29, 1.82) is 0 Å². The number of halogens is 1. The van der Waals surface area contributed by atoms with E-state index in [1.165, 1.54) is 38.9 Å². The summed E-state index contributed by atoms with van der Waals surface area (Å²) in [4.78, 5) is 4.00. The molecular weight excluding hydrogens is 677 g/mol. The second-order valence-electron chi connectivity index (χ2n) is 7.36. The number of aromatic nitrogens is 1. The van der Waals surface area contributed by atoms with E-state index < -0.39 is 0 Å². The molecule has 0 saturated carbocycles. The van der Waals surface area contributed by atoms with E-state index in [-0.39, 0.29) is 24.0 Å². The van der Waals surface area contributed by atoms with Crippen LogP contribution in [0.3, 0.4) is 0 Å². The van der Waals surface area contributed by atoms with Gasteiger partial charge in [-0.05, 0) is 0 Å². The van der Waals surface area contributed by atoms with Crippen LogP contribution in [-0.4, -0.2) is 35.6 Å². The zero-order valence-electron chi connectivity index (χ0n) is 17.7. The molecule has 6 rings (SSSR count). The second-order valence-corrected chi connectivity index (χ2v) is 13.7. The number of aryl methyl sites for hydroxylation is 1. The molecular formula is C25H21IN2S2Se2. The maximum absolute atomic E-state index is 2.52. The third-order valence-corrected chi connectivity index (χ3v) is 13.6. The Morgan fingerprint density at radius 3 is 2.44 bits per heavy atom. The average Bonchev–Trinajstić information content (AvgIpc) is 3.51. The molecule has 1 aliphatic rings. The van der Waals surface area contributed by atoms with Crippen molar-refractivity contribution in [3.05, 3.63) is 70.7 Å². The van der Waals surface area contributed by atoms with E-state index in [2.05, 4.69) is 90.1 Å². The molecule has 0 radical (unpaired) electrons. The third-order valence-electron chi connectivity index (χ3n) is 5.61. The number of anilines is 1. The number of fused-ring (bicyclic) bond motifs is 6. The Bertz CT molecular complexity index is 1510. The largest absolute Gasteiger partial charge is 1.00 e. The molecule has 3 aromatic heterocycles. The van der Waals surface area contributed by atoms with Crippen molar-refractivity contribution in [3.8, 4) is 0 Å². The number of hydrogen-bond donors (Lipinski definition) is 0. The molecule has 2 nitrogen and oxygen atoms in total. The maximum Gasteiger partial charge on any atom is -1.00 e. The maximum atomic E-state index is 2.52. The molecule has 0 saturated heterocycles. The van der Waals surface area contributed by atoms with Crippen LogP contribution in [0.25, 0.3) is 34.5 Å². The average molecular weight is 698 g/mol. The van der Waals surface area contributed by atoms with Crippen LogP contribution < -0.4 is 33.4 Å². The number of nitrogens with zero attached hydrogens (tertiary/aromatic N) is 2. The van der Waals surface area contributed by atoms with Crippen LogP contribution >= 0.6 is 23.1 Å². The molecule has 0 unspecified atom stereocenters. The van der Waals surface area contributed by atoms with E-state index in [1.54, 1.807) is 8.95 Å². The molecule has 0 atom stereocenters. The van der Waals surface area contributed by atoms with Gasteiger partial charge in [-0.2, -0.15) is 0 Å². The molecule has 0 amide bonds. The summed E-state index contributed by atoms with van der Waals surface area (Å²) in [6.45, 7) is 6.59. The summed E-state index contributed by atoms with van der Waals surface area (Å²) in [5, 5.41) is 5.63. The molecule has 2 aromatic carbocycles. The molecule has 0 fully saturated rings. The fourth-order valence-electron chi connectivity index (χ4n) is 4.15. The Hall–Kier alpha value is -0.791. The molecule has 1 aliphatic heterocycles. The van der Waals surface area contributed by atoms with Crippen LogP contribution in [-0.2, 0) is 6.54 Å². The Kier molecular flexibility index (Phi) is 6.79. The van der Waals surface area contributed by atoms with Crippen LogP contribution in [0.4, 0.5) is 4.56 Å². The van der Waals surface area contributed by atoms with E-state index in [0.717, 1.165) is 13.1 Å². The topological polar surface area (TPSA) is 7.12 Å². The van der Waals surface area contributed by atoms with Gasteiger partial charge in [-0.3, -0.25) is 0 Å². The third kappa shape index (κ3) is 3.70. The predicted octanol–water partition coefficient (Wildman–Crippen LogP) is 3.12. The zero-order valence-corrected chi connectivity index (χ0v) is 24.9. The van der Waals surface area contributed by atoms with Crippen molar-refractivity contribution in [1.82, 2.24) is 0 Å². The normalized spacial score (nSPS) is 14.9. The fourth-order valence-corrected chi connectivity index (χ4v) is 12.9. The minimum absolute atomic E-state index is 0. The van der Waals surface area contributed by atoms with E-state index >= 15 is 0 Å². The van der Waals surface area contributed by atoms with Gasteiger partial charge in [0.05, 0.1) is 0 Å². The van der Waals surface area contributed by atoms with E-state index in [0.29, 0.717) is 29.0 Å². The summed E-state index contributed by atoms with van der Waals surface area (Å²) in [7, 11) is 0. The summed E-state index contributed by atoms with van der Waals surface area (Å²) in [6, 6.07) is 17.8. The van der Waals surface area contributed by atoms with Crippen LogP contribution in [0.2, 0.25) is 0 Å². The minimum Gasteiger partial charge on any atom is -1.00 e. The quantitative estimate of drug-likeness (QED) is 0.162. The van der Waals surface area contributed by atoms with E-state index in [1.807, 2.05) is 23.1 Å². The summed E-state index contributed by atoms with van der Waals surface area (Å²) >= 11 is 4.73. The van der Waals surface area contributed by atoms with Gasteiger partial charge in [0.15, 0.2) is 0 Å². The van der Waals surface area contributed by atoms with Crippen LogP contribution in [0.5, 0.6) is 0 Å². The minimum atomic E-state index is 0. The monoisotopic (exact) mass is 700 g/mol. The Balaban J connectivity index is 0.00000216. The van der Waals surface area contributed by atoms with Gasteiger partial charge in [0, 0.05) is 0 Å². The number of benzene rings is 2. The smallest absolute Gasteiger partial charge is 1.00 e. The SMILES string of the molecule is CCN1/C(=C\C=C\c2sc3c4ccccc4[se]c3[n+]2CC)Sc2c1[se]c1ccccc21.[I-]. The summed E-state index contributed by atoms with van der Waals surface area (Å²) in [6.07, 6.45) is 6.89. The van der Waals surface area contributed by atoms with Crippen molar-refractivity contribution >= 4 is 91.1 Å². The molecule has 7 heteroatoms. The van der Waals surface area contributed by atoms with Crippen molar-refractivity contribution in [2.75, 3.05) is 11.4 Å². The van der Waals surface area contributed by atoms with Gasteiger partial charge >= 0.3 is 203 Å². The summed E-state index contributed by atoms with van der Waals surface area (Å²) in [5.74, 6) is 0. The van der Waals surface area contributed by atoms with Gasteiger partial charge in [0.25, 0.3) is 0 Å². The first-order valence-corrected chi connectivity index (χ1v) is 15.5. The first-order valence-electron chi connectivity index (χ1n) is 10.5. The van der Waals surface area contributed by atoms with Gasteiger partial charge in [-0.1, -0.05) is 0 Å². The first kappa shape index (κ1) is 23.0. The number of rotatable bonds is 4. The van der Waals surface area contributed by atoms with Crippen molar-refractivity contribution in [2.24, 2.45) is 0 Å². The number of allylic oxidation sites excluding steroid dienone is 2. The van der Waals surface area contributed by atoms with Gasteiger partial charge in [-0.15, -0.1) is 0 Å². The van der Waals surface area contributed by atoms with E-state index in [9.17, 15) is 0 Å². The van der Waals surface area contributed by atoms with Crippen molar-refractivity contribution in [2.45, 2.75) is 25.3 Å². The van der Waals surface area contributed by atoms with Gasteiger partial charge < -0.3 is 24.0 Å². The zero-order chi connectivity index (χ0) is 20.9. The molecule has 0 bridgehead atoms. The molecule has 4 heterocycles. The Morgan fingerprint density at radius 1 is 0.969 bits per heavy atom. The van der Waals surface area contributed by atoms with Crippen LogP contribution in [0.1, 0.15) is 18.9 Å². The van der Waals surface area contributed by atoms with Crippen molar-refractivity contribution < 1.29 is 28.5 Å².